The highest BCUT2D eigenvalue weighted by atomic mass is 19.1. The van der Waals surface area contributed by atoms with Gasteiger partial charge in [0.1, 0.15) is 30.2 Å². The molecule has 8 nitrogen and oxygen atoms in total. The van der Waals surface area contributed by atoms with Crippen LogP contribution in [-0.4, -0.2) is 69.2 Å². The van der Waals surface area contributed by atoms with Gasteiger partial charge < -0.3 is 30.1 Å². The van der Waals surface area contributed by atoms with Crippen LogP contribution in [0.25, 0.3) is 0 Å². The summed E-state index contributed by atoms with van der Waals surface area (Å²) in [5.41, 5.74) is 2.83. The average Bonchev–Trinajstić information content (AvgIpc) is 2.97. The number of aliphatic hydroxyl groups excluding tert-OH is 4. The number of ether oxygens (including phenoxy) is 1. The van der Waals surface area contributed by atoms with Gasteiger partial charge >= 0.3 is 0 Å². The van der Waals surface area contributed by atoms with Crippen LogP contribution in [0.4, 0.5) is 10.1 Å². The molecule has 2 aliphatic rings. The van der Waals surface area contributed by atoms with Gasteiger partial charge in [0.25, 0.3) is 0 Å². The molecule has 2 fully saturated rings. The third kappa shape index (κ3) is 5.56. The van der Waals surface area contributed by atoms with Gasteiger partial charge in [-0.05, 0) is 53.9 Å². The normalized spacial score (nSPS) is 28.3. The van der Waals surface area contributed by atoms with Gasteiger partial charge in [0, 0.05) is 24.1 Å². The minimum absolute atomic E-state index is 0.0755. The van der Waals surface area contributed by atoms with Gasteiger partial charge in [-0.15, -0.1) is 0 Å². The Kier molecular flexibility index (Phi) is 8.39. The van der Waals surface area contributed by atoms with Crippen molar-refractivity contribution in [2.24, 2.45) is 5.92 Å². The third-order valence-corrected chi connectivity index (χ3v) is 7.85. The lowest BCUT2D eigenvalue weighted by atomic mass is 9.78. The smallest absolute Gasteiger partial charge is 0.233 e. The van der Waals surface area contributed by atoms with Gasteiger partial charge in [-0.1, -0.05) is 42.5 Å². The van der Waals surface area contributed by atoms with Gasteiger partial charge in [-0.25, -0.2) is 4.39 Å². The number of carbonyl (C=O) groups excluding carboxylic acids is 2. The molecule has 0 aromatic heterocycles. The van der Waals surface area contributed by atoms with Crippen LogP contribution in [0.2, 0.25) is 0 Å². The van der Waals surface area contributed by atoms with Crippen molar-refractivity contribution in [3.8, 4) is 0 Å². The number of amides is 1. The number of aliphatic hydroxyl groups is 4. The molecule has 2 saturated heterocycles. The zero-order valence-corrected chi connectivity index (χ0v) is 21.7. The zero-order chi connectivity index (χ0) is 28.4. The van der Waals surface area contributed by atoms with E-state index in [2.05, 4.69) is 0 Å². The quantitative estimate of drug-likeness (QED) is 0.239. The van der Waals surface area contributed by atoms with Gasteiger partial charge in [0.2, 0.25) is 5.91 Å². The number of carbonyl (C=O) groups is 2. The molecule has 2 aliphatic heterocycles. The second kappa shape index (κ2) is 12.0. The monoisotopic (exact) mass is 549 g/mol. The predicted octanol–water partition coefficient (Wildman–Crippen LogP) is 2.58. The predicted molar refractivity (Wildman–Crippen MR) is 144 cm³/mol. The van der Waals surface area contributed by atoms with Gasteiger partial charge in [0.15, 0.2) is 5.78 Å². The first-order chi connectivity index (χ1) is 19.3. The Hall–Kier alpha value is -3.47. The Labute approximate surface area is 231 Å². The number of hydrogen-bond acceptors (Lipinski definition) is 7. The molecule has 3 aromatic carbocycles. The number of ketones is 1. The van der Waals surface area contributed by atoms with Crippen LogP contribution in [0.3, 0.4) is 0 Å². The Morgan fingerprint density at radius 2 is 1.50 bits per heavy atom. The van der Waals surface area contributed by atoms with E-state index in [9.17, 15) is 34.4 Å². The van der Waals surface area contributed by atoms with Crippen molar-refractivity contribution >= 4 is 17.4 Å². The van der Waals surface area contributed by atoms with Crippen molar-refractivity contribution in [2.75, 3.05) is 11.5 Å². The van der Waals surface area contributed by atoms with E-state index in [1.165, 1.54) is 24.3 Å². The van der Waals surface area contributed by atoms with Crippen LogP contribution < -0.4 is 4.90 Å². The number of nitrogens with zero attached hydrogens (tertiary/aromatic N) is 1. The van der Waals surface area contributed by atoms with E-state index in [4.69, 9.17) is 4.74 Å². The summed E-state index contributed by atoms with van der Waals surface area (Å²) in [6.07, 6.45) is -5.23. The molecule has 0 bridgehead atoms. The molecule has 0 aliphatic carbocycles. The first kappa shape index (κ1) is 28.1. The van der Waals surface area contributed by atoms with Gasteiger partial charge in [-0.2, -0.15) is 0 Å². The maximum Gasteiger partial charge on any atom is 0.233 e. The number of β-lactam (4-membered cyclic amide) rings is 1. The third-order valence-electron chi connectivity index (χ3n) is 7.85. The summed E-state index contributed by atoms with van der Waals surface area (Å²) in [5.74, 6) is -1.06. The Bertz CT molecular complexity index is 1320. The molecule has 0 saturated carbocycles. The number of rotatable bonds is 9. The molecule has 5 rings (SSSR count). The molecule has 3 aromatic rings. The minimum atomic E-state index is -1.44. The van der Waals surface area contributed by atoms with E-state index in [1.807, 2.05) is 54.6 Å². The number of anilines is 1. The van der Waals surface area contributed by atoms with E-state index >= 15 is 0 Å². The van der Waals surface area contributed by atoms with Crippen LogP contribution in [0.5, 0.6) is 0 Å². The lowest BCUT2D eigenvalue weighted by Crippen LogP contribution is -2.59. The zero-order valence-electron chi connectivity index (χ0n) is 21.7. The van der Waals surface area contributed by atoms with Crippen molar-refractivity contribution in [2.45, 2.75) is 55.8 Å². The molecule has 0 spiro atoms. The summed E-state index contributed by atoms with van der Waals surface area (Å²) in [6, 6.07) is 21.9. The molecule has 4 N–H and O–H groups in total. The molecule has 7 atom stereocenters. The van der Waals surface area contributed by atoms with Crippen LogP contribution in [-0.2, 0) is 16.0 Å². The summed E-state index contributed by atoms with van der Waals surface area (Å²) < 4.78 is 18.9. The van der Waals surface area contributed by atoms with E-state index in [0.29, 0.717) is 12.0 Å². The van der Waals surface area contributed by atoms with Gasteiger partial charge in [-0.3, -0.25) is 9.59 Å². The second-order valence-corrected chi connectivity index (χ2v) is 10.4. The van der Waals surface area contributed by atoms with Crippen LogP contribution in [0, 0.1) is 11.7 Å². The standard InChI is InChI=1S/C31H32FNO7/c32-21-12-10-19(11-13-21)24(35)15-14-23-27(33(31(23)39)22-4-2-1-3-5-22)20-8-6-18(7-9-20)16-25-28(36)30(38)29(37)26(17-34)40-25/h1-13,23,25-30,34,36-38H,14-17H2/t23-,25+,26-,27-,28+,29-,30-/m1/s1. The van der Waals surface area contributed by atoms with Gasteiger partial charge in [0.05, 0.1) is 24.7 Å². The molecular weight excluding hydrogens is 517 g/mol. The number of benzene rings is 3. The van der Waals surface area contributed by atoms with Crippen LogP contribution in [0.15, 0.2) is 78.9 Å². The molecule has 9 heteroatoms. The van der Waals surface area contributed by atoms with E-state index < -0.39 is 48.9 Å². The molecule has 40 heavy (non-hydrogen) atoms. The SMILES string of the molecule is O=C(CC[C@H]1C(=O)N(c2ccccc2)[C@@H]1c1ccc(C[C@@H]2O[C@H](CO)[C@@H](O)[C@H](O)[C@H]2O)cc1)c1ccc(F)cc1. The highest BCUT2D eigenvalue weighted by Gasteiger charge is 2.48. The summed E-state index contributed by atoms with van der Waals surface area (Å²) >= 11 is 0. The largest absolute Gasteiger partial charge is 0.394 e. The summed E-state index contributed by atoms with van der Waals surface area (Å²) in [4.78, 5) is 27.7. The van der Waals surface area contributed by atoms with Crippen LogP contribution in [0.1, 0.15) is 40.4 Å². The number of Topliss-reactive ketones (excluding diaryl/α,β-unsaturated/α-hetero) is 1. The maximum atomic E-state index is 13.3. The summed E-state index contributed by atoms with van der Waals surface area (Å²) in [7, 11) is 0. The number of hydrogen-bond donors (Lipinski definition) is 4. The molecule has 2 heterocycles. The molecule has 0 radical (unpaired) electrons. The molecule has 0 unspecified atom stereocenters. The minimum Gasteiger partial charge on any atom is -0.394 e. The Balaban J connectivity index is 1.32. The average molecular weight is 550 g/mol. The van der Waals surface area contributed by atoms with Crippen molar-refractivity contribution in [3.63, 3.8) is 0 Å². The molecular formula is C31H32FNO7. The number of halogens is 1. The van der Waals surface area contributed by atoms with Crippen molar-refractivity contribution in [3.05, 3.63) is 101 Å². The topological polar surface area (TPSA) is 128 Å². The van der Waals surface area contributed by atoms with E-state index in [-0.39, 0.29) is 30.6 Å². The molecule has 210 valence electrons. The second-order valence-electron chi connectivity index (χ2n) is 10.4. The Morgan fingerprint density at radius 1 is 0.850 bits per heavy atom. The van der Waals surface area contributed by atoms with Crippen molar-refractivity contribution in [1.82, 2.24) is 0 Å². The van der Waals surface area contributed by atoms with E-state index in [1.54, 1.807) is 4.90 Å². The highest BCUT2D eigenvalue weighted by Crippen LogP contribution is 2.45. The first-order valence-corrected chi connectivity index (χ1v) is 13.3. The fourth-order valence-electron chi connectivity index (χ4n) is 5.58. The maximum absolute atomic E-state index is 13.3. The fourth-order valence-corrected chi connectivity index (χ4v) is 5.58. The van der Waals surface area contributed by atoms with E-state index in [0.717, 1.165) is 16.8 Å². The Morgan fingerprint density at radius 3 is 2.15 bits per heavy atom. The lowest BCUT2D eigenvalue weighted by Gasteiger charge is -2.47. The molecule has 1 amide bonds. The number of para-hydroxylation sites is 1. The lowest BCUT2D eigenvalue weighted by molar-refractivity contribution is -0.228. The highest BCUT2D eigenvalue weighted by molar-refractivity contribution is 6.04. The summed E-state index contributed by atoms with van der Waals surface area (Å²) in [6.45, 7) is -0.490. The summed E-state index contributed by atoms with van der Waals surface area (Å²) in [5, 5.41) is 40.0. The van der Waals surface area contributed by atoms with Crippen LogP contribution >= 0.6 is 0 Å². The van der Waals surface area contributed by atoms with Crippen molar-refractivity contribution < 1.29 is 39.1 Å². The van der Waals surface area contributed by atoms with Crippen molar-refractivity contribution in [1.29, 1.82) is 0 Å². The fraction of sp³-hybridized carbons (Fsp3) is 0.355. The first-order valence-electron chi connectivity index (χ1n) is 13.3.